The van der Waals surface area contributed by atoms with E-state index in [0.717, 1.165) is 6.42 Å². The fourth-order valence-corrected chi connectivity index (χ4v) is 2.73. The van der Waals surface area contributed by atoms with E-state index in [1.165, 1.54) is 19.3 Å². The van der Waals surface area contributed by atoms with Gasteiger partial charge in [0.25, 0.3) is 0 Å². The molecule has 0 saturated heterocycles. The summed E-state index contributed by atoms with van der Waals surface area (Å²) in [6, 6.07) is 0. The lowest BCUT2D eigenvalue weighted by Gasteiger charge is -2.04. The Balaban J connectivity index is 1.60. The summed E-state index contributed by atoms with van der Waals surface area (Å²) >= 11 is 0. The van der Waals surface area contributed by atoms with Crippen LogP contribution in [0.4, 0.5) is 0 Å². The van der Waals surface area contributed by atoms with Crippen LogP contribution in [0.5, 0.6) is 0 Å². The zero-order valence-electron chi connectivity index (χ0n) is 8.72. The molecule has 0 aliphatic heterocycles. The minimum atomic E-state index is 0.214. The summed E-state index contributed by atoms with van der Waals surface area (Å²) in [7, 11) is 0. The van der Waals surface area contributed by atoms with Crippen LogP contribution in [0.1, 0.15) is 25.7 Å². The molecule has 15 heavy (non-hydrogen) atoms. The van der Waals surface area contributed by atoms with E-state index < -0.39 is 0 Å². The quantitative estimate of drug-likeness (QED) is 0.318. The fraction of sp³-hybridized carbons (Fsp3) is 0.900. The second-order valence-corrected chi connectivity index (χ2v) is 4.38. The van der Waals surface area contributed by atoms with Crippen LogP contribution in [0.2, 0.25) is 0 Å². The van der Waals surface area contributed by atoms with Crippen molar-refractivity contribution in [3.63, 3.8) is 0 Å². The topological polar surface area (TPSA) is 77.9 Å². The highest BCUT2D eigenvalue weighted by atomic mass is 16.2. The molecule has 0 aromatic heterocycles. The van der Waals surface area contributed by atoms with E-state index in [-0.39, 0.29) is 5.91 Å². The van der Waals surface area contributed by atoms with Gasteiger partial charge < -0.3 is 5.32 Å². The van der Waals surface area contributed by atoms with Crippen LogP contribution < -0.4 is 5.32 Å². The third-order valence-electron chi connectivity index (χ3n) is 3.51. The van der Waals surface area contributed by atoms with E-state index in [1.807, 2.05) is 0 Å². The van der Waals surface area contributed by atoms with Gasteiger partial charge in [0.2, 0.25) is 5.91 Å². The van der Waals surface area contributed by atoms with Crippen molar-refractivity contribution in [2.24, 2.45) is 22.9 Å². The number of azide groups is 1. The lowest BCUT2D eigenvalue weighted by atomic mass is 10.1. The average molecular weight is 208 g/mol. The maximum absolute atomic E-state index is 11.6. The van der Waals surface area contributed by atoms with Gasteiger partial charge in [0.1, 0.15) is 0 Å². The number of carbonyl (C=O) groups is 1. The van der Waals surface area contributed by atoms with Gasteiger partial charge in [0.05, 0.1) is 0 Å². The third-order valence-corrected chi connectivity index (χ3v) is 3.51. The molecule has 0 aromatic carbocycles. The summed E-state index contributed by atoms with van der Waals surface area (Å²) in [4.78, 5) is 14.3. The number of hydrogen-bond acceptors (Lipinski definition) is 2. The maximum Gasteiger partial charge on any atom is 0.223 e. The first kappa shape index (κ1) is 10.3. The van der Waals surface area contributed by atoms with E-state index in [1.54, 1.807) is 0 Å². The van der Waals surface area contributed by atoms with Crippen LogP contribution in [-0.4, -0.2) is 19.0 Å². The molecule has 5 heteroatoms. The highest BCUT2D eigenvalue weighted by Gasteiger charge is 2.56. The molecule has 2 aliphatic carbocycles. The Kier molecular flexibility index (Phi) is 3.11. The smallest absolute Gasteiger partial charge is 0.223 e. The molecular formula is C10H16N4O. The Hall–Kier alpha value is -1.22. The van der Waals surface area contributed by atoms with Gasteiger partial charge in [-0.1, -0.05) is 11.5 Å². The van der Waals surface area contributed by atoms with Crippen molar-refractivity contribution in [3.8, 4) is 0 Å². The normalized spacial score (nSPS) is 31.6. The van der Waals surface area contributed by atoms with E-state index in [9.17, 15) is 4.79 Å². The molecule has 0 heterocycles. The standard InChI is InChI=1S/C10H16N4O/c11-14-13-6-2-5-12-10(15)9-7-3-1-4-8(7)9/h7-9H,1-6H2,(H,12,15). The minimum Gasteiger partial charge on any atom is -0.356 e. The molecule has 2 fully saturated rings. The maximum atomic E-state index is 11.6. The number of nitrogens with zero attached hydrogens (tertiary/aromatic N) is 3. The van der Waals surface area contributed by atoms with E-state index >= 15 is 0 Å². The van der Waals surface area contributed by atoms with Gasteiger partial charge in [-0.3, -0.25) is 4.79 Å². The zero-order chi connectivity index (χ0) is 10.7. The van der Waals surface area contributed by atoms with Crippen molar-refractivity contribution in [1.29, 1.82) is 0 Å². The number of amides is 1. The molecule has 1 amide bonds. The fourth-order valence-electron chi connectivity index (χ4n) is 2.73. The Morgan fingerprint density at radius 1 is 1.47 bits per heavy atom. The first-order valence-electron chi connectivity index (χ1n) is 5.63. The zero-order valence-corrected chi connectivity index (χ0v) is 8.72. The molecule has 2 rings (SSSR count). The van der Waals surface area contributed by atoms with Crippen LogP contribution in [0.15, 0.2) is 5.11 Å². The van der Waals surface area contributed by atoms with Crippen molar-refractivity contribution in [2.75, 3.05) is 13.1 Å². The monoisotopic (exact) mass is 208 g/mol. The molecule has 5 nitrogen and oxygen atoms in total. The number of carbonyl (C=O) groups excluding carboxylic acids is 1. The van der Waals surface area contributed by atoms with Crippen LogP contribution in [0.3, 0.4) is 0 Å². The summed E-state index contributed by atoms with van der Waals surface area (Å²) in [5, 5.41) is 6.33. The van der Waals surface area contributed by atoms with Crippen molar-refractivity contribution >= 4 is 5.91 Å². The summed E-state index contributed by atoms with van der Waals surface area (Å²) in [5.74, 6) is 1.88. The van der Waals surface area contributed by atoms with Gasteiger partial charge in [-0.2, -0.15) is 0 Å². The Bertz CT molecular complexity index is 288. The predicted molar refractivity (Wildman–Crippen MR) is 56.0 cm³/mol. The number of nitrogens with one attached hydrogen (secondary N) is 1. The van der Waals surface area contributed by atoms with E-state index in [0.29, 0.717) is 30.8 Å². The van der Waals surface area contributed by atoms with Crippen LogP contribution in [0.25, 0.3) is 10.4 Å². The van der Waals surface area contributed by atoms with Gasteiger partial charge in [-0.15, -0.1) is 0 Å². The lowest BCUT2D eigenvalue weighted by Crippen LogP contribution is -2.27. The molecule has 0 bridgehead atoms. The third kappa shape index (κ3) is 2.23. The Morgan fingerprint density at radius 2 is 2.20 bits per heavy atom. The predicted octanol–water partition coefficient (Wildman–Crippen LogP) is 1.85. The molecule has 0 radical (unpaired) electrons. The van der Waals surface area contributed by atoms with E-state index in [2.05, 4.69) is 15.3 Å². The summed E-state index contributed by atoms with van der Waals surface area (Å²) in [5.41, 5.74) is 8.05. The second-order valence-electron chi connectivity index (χ2n) is 4.38. The summed E-state index contributed by atoms with van der Waals surface area (Å²) < 4.78 is 0. The number of hydrogen-bond donors (Lipinski definition) is 1. The van der Waals surface area contributed by atoms with Crippen LogP contribution >= 0.6 is 0 Å². The molecule has 2 unspecified atom stereocenters. The SMILES string of the molecule is [N-]=[N+]=NCCCNC(=O)C1C2CCCC21. The number of rotatable bonds is 5. The Labute approximate surface area is 88.9 Å². The van der Waals surface area contributed by atoms with Gasteiger partial charge in [0.15, 0.2) is 0 Å². The highest BCUT2D eigenvalue weighted by molar-refractivity contribution is 5.82. The molecule has 2 saturated carbocycles. The molecular weight excluding hydrogens is 192 g/mol. The average Bonchev–Trinajstić information content (AvgIpc) is 2.72. The first-order valence-corrected chi connectivity index (χ1v) is 5.63. The minimum absolute atomic E-state index is 0.214. The van der Waals surface area contributed by atoms with Crippen LogP contribution in [-0.2, 0) is 4.79 Å². The number of fused-ring (bicyclic) bond motifs is 1. The summed E-state index contributed by atoms with van der Waals surface area (Å²) in [6.45, 7) is 1.10. The van der Waals surface area contributed by atoms with E-state index in [4.69, 9.17) is 5.53 Å². The van der Waals surface area contributed by atoms with Gasteiger partial charge in [-0.05, 0) is 36.6 Å². The highest BCUT2D eigenvalue weighted by Crippen LogP contribution is 2.57. The molecule has 82 valence electrons. The second kappa shape index (κ2) is 4.53. The molecule has 0 spiro atoms. The van der Waals surface area contributed by atoms with Gasteiger partial charge >= 0.3 is 0 Å². The van der Waals surface area contributed by atoms with Crippen molar-refractivity contribution in [3.05, 3.63) is 10.4 Å². The van der Waals surface area contributed by atoms with Gasteiger partial charge in [0, 0.05) is 23.9 Å². The molecule has 0 aromatic rings. The molecule has 2 atom stereocenters. The Morgan fingerprint density at radius 3 is 2.87 bits per heavy atom. The summed E-state index contributed by atoms with van der Waals surface area (Å²) in [6.07, 6.45) is 4.51. The molecule has 2 aliphatic rings. The van der Waals surface area contributed by atoms with Crippen LogP contribution in [0, 0.1) is 17.8 Å². The largest absolute Gasteiger partial charge is 0.356 e. The van der Waals surface area contributed by atoms with Crippen molar-refractivity contribution < 1.29 is 4.79 Å². The van der Waals surface area contributed by atoms with Gasteiger partial charge in [-0.25, -0.2) is 0 Å². The van der Waals surface area contributed by atoms with Crippen molar-refractivity contribution in [2.45, 2.75) is 25.7 Å². The first-order chi connectivity index (χ1) is 7.34. The van der Waals surface area contributed by atoms with Crippen molar-refractivity contribution in [1.82, 2.24) is 5.32 Å². The molecule has 1 N–H and O–H groups in total. The lowest BCUT2D eigenvalue weighted by molar-refractivity contribution is -0.123.